The number of amides is 2. The van der Waals surface area contributed by atoms with Crippen LogP contribution in [0.1, 0.15) is 16.8 Å². The number of carbonyl (C=O) groups excluding carboxylic acids is 1. The molecule has 0 saturated heterocycles. The van der Waals surface area contributed by atoms with E-state index in [9.17, 15) is 4.79 Å². The summed E-state index contributed by atoms with van der Waals surface area (Å²) in [7, 11) is 1.76. The van der Waals surface area contributed by atoms with Crippen LogP contribution in [0.5, 0.6) is 0 Å². The molecule has 0 aliphatic carbocycles. The first-order valence-corrected chi connectivity index (χ1v) is 6.55. The van der Waals surface area contributed by atoms with E-state index in [2.05, 4.69) is 10.3 Å². The average Bonchev–Trinajstić information content (AvgIpc) is 2.44. The third-order valence-corrected chi connectivity index (χ3v) is 3.11. The number of carbonyl (C=O) groups is 1. The van der Waals surface area contributed by atoms with Gasteiger partial charge in [-0.25, -0.2) is 4.79 Å². The second-order valence-electron chi connectivity index (χ2n) is 4.93. The van der Waals surface area contributed by atoms with Gasteiger partial charge in [0.05, 0.1) is 12.2 Å². The number of nitrogens with zero attached hydrogens (tertiary/aromatic N) is 2. The smallest absolute Gasteiger partial charge is 0.321 e. The van der Waals surface area contributed by atoms with Crippen molar-refractivity contribution < 1.29 is 4.79 Å². The third kappa shape index (κ3) is 3.57. The molecule has 0 aliphatic heterocycles. The fraction of sp³-hybridized carbons (Fsp3) is 0.250. The highest BCUT2D eigenvalue weighted by Crippen LogP contribution is 2.17. The lowest BCUT2D eigenvalue weighted by molar-refractivity contribution is 0.220. The maximum atomic E-state index is 12.2. The Balaban J connectivity index is 2.02. The zero-order chi connectivity index (χ0) is 14.5. The summed E-state index contributed by atoms with van der Waals surface area (Å²) in [6, 6.07) is 11.6. The highest BCUT2D eigenvalue weighted by Gasteiger charge is 2.11. The summed E-state index contributed by atoms with van der Waals surface area (Å²) in [5.74, 6) is 0. The first-order valence-electron chi connectivity index (χ1n) is 6.55. The first-order chi connectivity index (χ1) is 9.56. The number of anilines is 1. The minimum absolute atomic E-state index is 0.135. The Morgan fingerprint density at radius 3 is 2.75 bits per heavy atom. The first kappa shape index (κ1) is 14.1. The summed E-state index contributed by atoms with van der Waals surface area (Å²) >= 11 is 0. The second-order valence-corrected chi connectivity index (χ2v) is 4.93. The molecule has 0 atom stereocenters. The molecule has 0 spiro atoms. The molecule has 4 heteroatoms. The van der Waals surface area contributed by atoms with E-state index in [1.165, 1.54) is 0 Å². The molecule has 1 aromatic carbocycles. The molecule has 1 N–H and O–H groups in total. The summed E-state index contributed by atoms with van der Waals surface area (Å²) in [4.78, 5) is 18.0. The fourth-order valence-corrected chi connectivity index (χ4v) is 1.89. The quantitative estimate of drug-likeness (QED) is 0.928. The van der Waals surface area contributed by atoms with Crippen LogP contribution < -0.4 is 5.32 Å². The van der Waals surface area contributed by atoms with E-state index in [1.807, 2.05) is 50.2 Å². The van der Waals surface area contributed by atoms with Gasteiger partial charge in [0.25, 0.3) is 0 Å². The highest BCUT2D eigenvalue weighted by atomic mass is 16.2. The minimum atomic E-state index is -0.135. The van der Waals surface area contributed by atoms with Crippen molar-refractivity contribution in [2.75, 3.05) is 12.4 Å². The molecule has 0 unspecified atom stereocenters. The van der Waals surface area contributed by atoms with Gasteiger partial charge in [-0.1, -0.05) is 18.2 Å². The van der Waals surface area contributed by atoms with Crippen molar-refractivity contribution in [1.29, 1.82) is 0 Å². The molecule has 4 nitrogen and oxygen atoms in total. The molecule has 1 aromatic heterocycles. The summed E-state index contributed by atoms with van der Waals surface area (Å²) < 4.78 is 0. The van der Waals surface area contributed by atoms with E-state index >= 15 is 0 Å². The van der Waals surface area contributed by atoms with Gasteiger partial charge in [-0.2, -0.15) is 0 Å². The molecule has 0 aliphatic rings. The molecule has 0 fully saturated rings. The van der Waals surface area contributed by atoms with Crippen LogP contribution in [0.25, 0.3) is 0 Å². The molecule has 0 bridgehead atoms. The van der Waals surface area contributed by atoms with Crippen LogP contribution in [0.15, 0.2) is 42.6 Å². The van der Waals surface area contributed by atoms with Gasteiger partial charge in [-0.3, -0.25) is 4.98 Å². The van der Waals surface area contributed by atoms with E-state index in [1.54, 1.807) is 18.1 Å². The lowest BCUT2D eigenvalue weighted by atomic mass is 10.1. The van der Waals surface area contributed by atoms with Crippen LogP contribution in [0.2, 0.25) is 0 Å². The summed E-state index contributed by atoms with van der Waals surface area (Å²) in [5.41, 5.74) is 3.89. The van der Waals surface area contributed by atoms with Crippen LogP contribution in [-0.2, 0) is 6.54 Å². The Hall–Kier alpha value is -2.36. The number of aromatic nitrogens is 1. The van der Waals surface area contributed by atoms with Gasteiger partial charge in [-0.05, 0) is 43.2 Å². The minimum Gasteiger partial charge on any atom is -0.322 e. The topological polar surface area (TPSA) is 45.2 Å². The number of benzene rings is 1. The van der Waals surface area contributed by atoms with E-state index < -0.39 is 0 Å². The SMILES string of the molecule is Cc1ccc(C)c(NC(=O)N(C)Cc2ccccn2)c1. The van der Waals surface area contributed by atoms with Crippen molar-refractivity contribution in [3.63, 3.8) is 0 Å². The zero-order valence-corrected chi connectivity index (χ0v) is 12.1. The number of aryl methyl sites for hydroxylation is 2. The molecular formula is C16H19N3O. The van der Waals surface area contributed by atoms with Crippen molar-refractivity contribution in [1.82, 2.24) is 9.88 Å². The second kappa shape index (κ2) is 6.19. The van der Waals surface area contributed by atoms with Crippen molar-refractivity contribution in [3.05, 3.63) is 59.4 Å². The maximum absolute atomic E-state index is 12.2. The van der Waals surface area contributed by atoms with Gasteiger partial charge in [0, 0.05) is 18.9 Å². The van der Waals surface area contributed by atoms with Gasteiger partial charge in [0.15, 0.2) is 0 Å². The molecule has 2 rings (SSSR count). The Bertz CT molecular complexity index is 596. The van der Waals surface area contributed by atoms with E-state index in [4.69, 9.17) is 0 Å². The number of rotatable bonds is 3. The predicted octanol–water partition coefficient (Wildman–Crippen LogP) is 3.36. The van der Waals surface area contributed by atoms with E-state index in [0.717, 1.165) is 22.5 Å². The van der Waals surface area contributed by atoms with Gasteiger partial charge in [-0.15, -0.1) is 0 Å². The molecule has 2 aromatic rings. The Kier molecular flexibility index (Phi) is 4.35. The van der Waals surface area contributed by atoms with Crippen LogP contribution in [0, 0.1) is 13.8 Å². The number of hydrogen-bond donors (Lipinski definition) is 1. The van der Waals surface area contributed by atoms with Crippen molar-refractivity contribution in [3.8, 4) is 0 Å². The summed E-state index contributed by atoms with van der Waals surface area (Å²) in [5, 5.41) is 2.93. The number of nitrogens with one attached hydrogen (secondary N) is 1. The number of urea groups is 1. The number of hydrogen-bond acceptors (Lipinski definition) is 2. The standard InChI is InChI=1S/C16H19N3O/c1-12-7-8-13(2)15(10-12)18-16(20)19(3)11-14-6-4-5-9-17-14/h4-10H,11H2,1-3H3,(H,18,20). The van der Waals surface area contributed by atoms with Crippen molar-refractivity contribution in [2.45, 2.75) is 20.4 Å². The maximum Gasteiger partial charge on any atom is 0.321 e. The van der Waals surface area contributed by atoms with Crippen molar-refractivity contribution >= 4 is 11.7 Å². The number of pyridine rings is 1. The Morgan fingerprint density at radius 1 is 1.25 bits per heavy atom. The van der Waals surface area contributed by atoms with Crippen LogP contribution in [0.4, 0.5) is 10.5 Å². The molecule has 104 valence electrons. The Morgan fingerprint density at radius 2 is 2.05 bits per heavy atom. The lowest BCUT2D eigenvalue weighted by Crippen LogP contribution is -2.31. The Labute approximate surface area is 119 Å². The summed E-state index contributed by atoms with van der Waals surface area (Å²) in [6.45, 7) is 4.47. The largest absolute Gasteiger partial charge is 0.322 e. The summed E-state index contributed by atoms with van der Waals surface area (Å²) in [6.07, 6.45) is 1.73. The van der Waals surface area contributed by atoms with Crippen molar-refractivity contribution in [2.24, 2.45) is 0 Å². The van der Waals surface area contributed by atoms with Gasteiger partial charge in [0.2, 0.25) is 0 Å². The van der Waals surface area contributed by atoms with Crippen LogP contribution in [-0.4, -0.2) is 23.0 Å². The van der Waals surface area contributed by atoms with Crippen LogP contribution in [0.3, 0.4) is 0 Å². The van der Waals surface area contributed by atoms with Gasteiger partial charge >= 0.3 is 6.03 Å². The van der Waals surface area contributed by atoms with Gasteiger partial charge < -0.3 is 10.2 Å². The monoisotopic (exact) mass is 269 g/mol. The molecule has 0 saturated carbocycles. The predicted molar refractivity (Wildman–Crippen MR) is 80.6 cm³/mol. The molecule has 20 heavy (non-hydrogen) atoms. The fourth-order valence-electron chi connectivity index (χ4n) is 1.89. The van der Waals surface area contributed by atoms with E-state index in [-0.39, 0.29) is 6.03 Å². The average molecular weight is 269 g/mol. The van der Waals surface area contributed by atoms with Gasteiger partial charge in [0.1, 0.15) is 0 Å². The lowest BCUT2D eigenvalue weighted by Gasteiger charge is -2.18. The molecule has 2 amide bonds. The molecule has 1 heterocycles. The molecular weight excluding hydrogens is 250 g/mol. The van der Waals surface area contributed by atoms with Crippen LogP contribution >= 0.6 is 0 Å². The molecule has 0 radical (unpaired) electrons. The zero-order valence-electron chi connectivity index (χ0n) is 12.1. The third-order valence-electron chi connectivity index (χ3n) is 3.11. The van der Waals surface area contributed by atoms with E-state index in [0.29, 0.717) is 6.54 Å². The highest BCUT2D eigenvalue weighted by molar-refractivity contribution is 5.90. The normalized spacial score (nSPS) is 10.2.